The van der Waals surface area contributed by atoms with Gasteiger partial charge in [-0.15, -0.1) is 0 Å². The zero-order valence-corrected chi connectivity index (χ0v) is 14.5. The molecule has 1 aromatic carbocycles. The van der Waals surface area contributed by atoms with Crippen LogP contribution in [0.25, 0.3) is 10.9 Å². The smallest absolute Gasteiger partial charge is 0.274 e. The van der Waals surface area contributed by atoms with Crippen LogP contribution in [-0.2, 0) is 10.2 Å². The van der Waals surface area contributed by atoms with Gasteiger partial charge in [-0.25, -0.2) is 15.1 Å². The topological polar surface area (TPSA) is 110 Å². The van der Waals surface area contributed by atoms with Crippen LogP contribution in [0.5, 0.6) is 5.75 Å². The number of fused-ring (bicyclic) bond motifs is 1. The van der Waals surface area contributed by atoms with Gasteiger partial charge in [0, 0.05) is 24.5 Å². The number of aromatic nitrogens is 2. The van der Waals surface area contributed by atoms with Crippen LogP contribution in [0.4, 0.5) is 5.82 Å². The van der Waals surface area contributed by atoms with E-state index in [-0.39, 0.29) is 6.04 Å². The summed E-state index contributed by atoms with van der Waals surface area (Å²) in [4.78, 5) is 10.9. The number of hydrogen-bond donors (Lipinski definition) is 2. The molecule has 1 saturated heterocycles. The summed E-state index contributed by atoms with van der Waals surface area (Å²) in [5.41, 5.74) is 1.88. The van der Waals surface area contributed by atoms with Crippen molar-refractivity contribution < 1.29 is 13.2 Å². The van der Waals surface area contributed by atoms with Crippen LogP contribution in [0.1, 0.15) is 18.4 Å². The minimum Gasteiger partial charge on any atom is -0.496 e. The second-order valence-electron chi connectivity index (χ2n) is 5.96. The number of piperidine rings is 1. The zero-order valence-electron chi connectivity index (χ0n) is 13.7. The second-order valence-corrected chi connectivity index (χ2v) is 7.29. The largest absolute Gasteiger partial charge is 0.496 e. The van der Waals surface area contributed by atoms with E-state index in [9.17, 15) is 8.42 Å². The fourth-order valence-corrected chi connectivity index (χ4v) is 3.79. The predicted octanol–water partition coefficient (Wildman–Crippen LogP) is 0.709. The first-order valence-electron chi connectivity index (χ1n) is 7.72. The Balaban J connectivity index is 1.85. The van der Waals surface area contributed by atoms with Crippen molar-refractivity contribution in [1.82, 2.24) is 14.7 Å². The zero-order chi connectivity index (χ0) is 17.3. The highest BCUT2D eigenvalue weighted by Crippen LogP contribution is 2.30. The van der Waals surface area contributed by atoms with Crippen molar-refractivity contribution >= 4 is 26.9 Å². The van der Waals surface area contributed by atoms with Crippen molar-refractivity contribution in [3.05, 3.63) is 24.0 Å². The molecule has 3 N–H and O–H groups in total. The number of hydrogen-bond acceptors (Lipinski definition) is 6. The molecule has 3 rings (SSSR count). The maximum atomic E-state index is 11.1. The van der Waals surface area contributed by atoms with E-state index < -0.39 is 10.2 Å². The van der Waals surface area contributed by atoms with Gasteiger partial charge < -0.3 is 9.64 Å². The maximum absolute atomic E-state index is 11.1. The number of nitrogens with two attached hydrogens (primary N) is 1. The molecule has 2 aromatic rings. The van der Waals surface area contributed by atoms with Crippen molar-refractivity contribution in [2.24, 2.45) is 5.14 Å². The van der Waals surface area contributed by atoms with E-state index in [1.165, 1.54) is 0 Å². The highest BCUT2D eigenvalue weighted by Gasteiger charge is 2.24. The average Bonchev–Trinajstić information content (AvgIpc) is 2.53. The number of ether oxygens (including phenoxy) is 1. The molecule has 1 aliphatic heterocycles. The van der Waals surface area contributed by atoms with Gasteiger partial charge in [0.1, 0.15) is 17.9 Å². The summed E-state index contributed by atoms with van der Waals surface area (Å²) in [6.45, 7) is 3.36. The Bertz CT molecular complexity index is 848. The molecule has 0 aliphatic carbocycles. The summed E-state index contributed by atoms with van der Waals surface area (Å²) in [5.74, 6) is 1.64. The number of benzene rings is 1. The van der Waals surface area contributed by atoms with E-state index in [0.717, 1.165) is 28.0 Å². The molecule has 9 heteroatoms. The summed E-state index contributed by atoms with van der Waals surface area (Å²) in [6.07, 6.45) is 2.90. The number of anilines is 1. The van der Waals surface area contributed by atoms with Crippen LogP contribution in [0, 0.1) is 6.92 Å². The summed E-state index contributed by atoms with van der Waals surface area (Å²) in [5, 5.41) is 5.97. The summed E-state index contributed by atoms with van der Waals surface area (Å²) in [7, 11) is -2.02. The van der Waals surface area contributed by atoms with Gasteiger partial charge in [0.15, 0.2) is 0 Å². The Labute approximate surface area is 141 Å². The molecular weight excluding hydrogens is 330 g/mol. The number of nitrogens with one attached hydrogen (secondary N) is 1. The minimum atomic E-state index is -3.66. The Kier molecular flexibility index (Phi) is 4.57. The van der Waals surface area contributed by atoms with Gasteiger partial charge in [-0.3, -0.25) is 0 Å². The van der Waals surface area contributed by atoms with E-state index in [1.807, 2.05) is 19.1 Å². The molecular formula is C15H21N5O3S. The van der Waals surface area contributed by atoms with Gasteiger partial charge in [-0.1, -0.05) is 0 Å². The van der Waals surface area contributed by atoms with Crippen molar-refractivity contribution in [2.75, 3.05) is 25.1 Å². The average molecular weight is 351 g/mol. The van der Waals surface area contributed by atoms with Crippen LogP contribution < -0.4 is 19.5 Å². The van der Waals surface area contributed by atoms with Crippen molar-refractivity contribution in [1.29, 1.82) is 0 Å². The normalized spacial score (nSPS) is 16.5. The van der Waals surface area contributed by atoms with Gasteiger partial charge in [-0.05, 0) is 37.5 Å². The third kappa shape index (κ3) is 3.58. The lowest BCUT2D eigenvalue weighted by Crippen LogP contribution is -2.46. The van der Waals surface area contributed by atoms with Crippen molar-refractivity contribution in [2.45, 2.75) is 25.8 Å². The van der Waals surface area contributed by atoms with Crippen LogP contribution >= 0.6 is 0 Å². The van der Waals surface area contributed by atoms with E-state index >= 15 is 0 Å². The predicted molar refractivity (Wildman–Crippen MR) is 92.3 cm³/mol. The van der Waals surface area contributed by atoms with E-state index in [1.54, 1.807) is 13.4 Å². The maximum Gasteiger partial charge on any atom is 0.274 e. The van der Waals surface area contributed by atoms with Gasteiger partial charge in [0.2, 0.25) is 0 Å². The van der Waals surface area contributed by atoms with Gasteiger partial charge in [0.25, 0.3) is 10.2 Å². The molecule has 0 amide bonds. The summed E-state index contributed by atoms with van der Waals surface area (Å²) >= 11 is 0. The number of aryl methyl sites for hydroxylation is 1. The third-order valence-electron chi connectivity index (χ3n) is 4.26. The van der Waals surface area contributed by atoms with Gasteiger partial charge in [-0.2, -0.15) is 13.1 Å². The third-order valence-corrected chi connectivity index (χ3v) is 4.92. The molecule has 0 unspecified atom stereocenters. The fourth-order valence-electron chi connectivity index (χ4n) is 3.09. The van der Waals surface area contributed by atoms with Crippen LogP contribution in [-0.4, -0.2) is 44.6 Å². The molecule has 24 heavy (non-hydrogen) atoms. The Morgan fingerprint density at radius 3 is 2.62 bits per heavy atom. The molecule has 2 heterocycles. The SMILES string of the molecule is COc1cc2c(N3CCC(NS(N)(=O)=O)CC3)ncnc2cc1C. The van der Waals surface area contributed by atoms with Crippen molar-refractivity contribution in [3.8, 4) is 5.75 Å². The molecule has 1 aromatic heterocycles. The molecule has 130 valence electrons. The fraction of sp³-hybridized carbons (Fsp3) is 0.467. The number of methoxy groups -OCH3 is 1. The number of rotatable bonds is 4. The van der Waals surface area contributed by atoms with Crippen molar-refractivity contribution in [3.63, 3.8) is 0 Å². The highest BCUT2D eigenvalue weighted by molar-refractivity contribution is 7.87. The minimum absolute atomic E-state index is 0.138. The molecule has 1 aliphatic rings. The Morgan fingerprint density at radius 2 is 2.00 bits per heavy atom. The highest BCUT2D eigenvalue weighted by atomic mass is 32.2. The van der Waals surface area contributed by atoms with Gasteiger partial charge in [0.05, 0.1) is 12.6 Å². The van der Waals surface area contributed by atoms with Crippen LogP contribution in [0.3, 0.4) is 0 Å². The molecule has 0 spiro atoms. The second kappa shape index (κ2) is 6.50. The van der Waals surface area contributed by atoms with Crippen LogP contribution in [0.2, 0.25) is 0 Å². The molecule has 0 radical (unpaired) electrons. The molecule has 0 atom stereocenters. The Morgan fingerprint density at radius 1 is 1.29 bits per heavy atom. The lowest BCUT2D eigenvalue weighted by molar-refractivity contribution is 0.412. The molecule has 1 fully saturated rings. The molecule has 8 nitrogen and oxygen atoms in total. The summed E-state index contributed by atoms with van der Waals surface area (Å²) in [6, 6.07) is 3.80. The first-order valence-corrected chi connectivity index (χ1v) is 9.26. The summed E-state index contributed by atoms with van der Waals surface area (Å²) < 4.78 is 30.2. The first kappa shape index (κ1) is 16.9. The standard InChI is InChI=1S/C15H21N5O3S/c1-10-7-13-12(8-14(10)23-2)15(18-9-17-13)20-5-3-11(4-6-20)19-24(16,21)22/h7-9,11,19H,3-6H2,1-2H3,(H2,16,21,22). The van der Waals surface area contributed by atoms with Gasteiger partial charge >= 0.3 is 0 Å². The van der Waals surface area contributed by atoms with Crippen LogP contribution in [0.15, 0.2) is 18.5 Å². The Hall–Kier alpha value is -1.97. The quantitative estimate of drug-likeness (QED) is 0.839. The first-order chi connectivity index (χ1) is 11.4. The monoisotopic (exact) mass is 351 g/mol. The van der Waals surface area contributed by atoms with E-state index in [2.05, 4.69) is 19.6 Å². The lowest BCUT2D eigenvalue weighted by Gasteiger charge is -2.33. The molecule has 0 bridgehead atoms. The van der Waals surface area contributed by atoms with E-state index in [4.69, 9.17) is 9.88 Å². The van der Waals surface area contributed by atoms with E-state index in [0.29, 0.717) is 25.9 Å². The lowest BCUT2D eigenvalue weighted by atomic mass is 10.1. The molecule has 0 saturated carbocycles. The number of nitrogens with zero attached hydrogens (tertiary/aromatic N) is 3.